The first-order valence-corrected chi connectivity index (χ1v) is 12.2. The lowest BCUT2D eigenvalue weighted by molar-refractivity contribution is 0.0952. The van der Waals surface area contributed by atoms with Gasteiger partial charge in [-0.3, -0.25) is 4.79 Å². The van der Waals surface area contributed by atoms with Crippen LogP contribution >= 0.6 is 0 Å². The van der Waals surface area contributed by atoms with E-state index in [1.165, 1.54) is 5.52 Å². The van der Waals surface area contributed by atoms with Crippen LogP contribution in [0.1, 0.15) is 47.4 Å². The number of carbonyl (C=O) groups is 1. The highest BCUT2D eigenvalue weighted by Crippen LogP contribution is 2.19. The Kier molecular flexibility index (Phi) is 8.33. The zero-order valence-electron chi connectivity index (χ0n) is 19.9. The third-order valence-electron chi connectivity index (χ3n) is 6.02. The number of rotatable bonds is 12. The van der Waals surface area contributed by atoms with E-state index in [0.29, 0.717) is 13.2 Å². The molecule has 0 atom stereocenters. The highest BCUT2D eigenvalue weighted by molar-refractivity contribution is 5.95. The quantitative estimate of drug-likeness (QED) is 0.268. The van der Waals surface area contributed by atoms with E-state index in [9.17, 15) is 4.79 Å². The zero-order valence-corrected chi connectivity index (χ0v) is 19.9. The number of benzene rings is 3. The van der Waals surface area contributed by atoms with Gasteiger partial charge in [0.15, 0.2) is 0 Å². The molecule has 4 rings (SSSR count). The van der Waals surface area contributed by atoms with Crippen LogP contribution in [0.5, 0.6) is 5.75 Å². The number of aryl methyl sites for hydroxylation is 3. The number of ether oxygens (including phenoxy) is 1. The Bertz CT molecular complexity index is 1200. The van der Waals surface area contributed by atoms with Gasteiger partial charge in [-0.1, -0.05) is 55.0 Å². The molecule has 1 amide bonds. The van der Waals surface area contributed by atoms with E-state index in [2.05, 4.69) is 28.1 Å². The van der Waals surface area contributed by atoms with Gasteiger partial charge in [-0.05, 0) is 62.1 Å². The minimum atomic E-state index is 0.0117. The van der Waals surface area contributed by atoms with Gasteiger partial charge < -0.3 is 14.6 Å². The second-order valence-electron chi connectivity index (χ2n) is 8.56. The van der Waals surface area contributed by atoms with Crippen molar-refractivity contribution in [3.05, 3.63) is 95.8 Å². The summed E-state index contributed by atoms with van der Waals surface area (Å²) in [6.45, 7) is 4.22. The Morgan fingerprint density at radius 3 is 2.50 bits per heavy atom. The van der Waals surface area contributed by atoms with Gasteiger partial charge in [0.25, 0.3) is 5.91 Å². The molecule has 0 radical (unpaired) electrons. The van der Waals surface area contributed by atoms with Gasteiger partial charge in [-0.2, -0.15) is 0 Å². The molecule has 0 aliphatic rings. The van der Waals surface area contributed by atoms with Crippen LogP contribution in [0.2, 0.25) is 0 Å². The molecule has 0 bridgehead atoms. The molecule has 3 aromatic carbocycles. The van der Waals surface area contributed by atoms with Crippen LogP contribution in [0.25, 0.3) is 11.0 Å². The molecule has 1 heterocycles. The number of aromatic nitrogens is 2. The van der Waals surface area contributed by atoms with Gasteiger partial charge in [-0.25, -0.2) is 4.98 Å². The number of imidazole rings is 1. The van der Waals surface area contributed by atoms with E-state index < -0.39 is 0 Å². The lowest BCUT2D eigenvalue weighted by Crippen LogP contribution is -2.25. The second kappa shape index (κ2) is 12.0. The summed E-state index contributed by atoms with van der Waals surface area (Å²) in [5.74, 6) is 2.05. The SMILES string of the molecule is Cc1ccccc1C(=O)NCCCCCc1nc2ccccc2n1CCCOc1ccccc1. The van der Waals surface area contributed by atoms with Crippen LogP contribution in [-0.2, 0) is 13.0 Å². The van der Waals surface area contributed by atoms with Crippen LogP contribution in [0, 0.1) is 6.92 Å². The van der Waals surface area contributed by atoms with E-state index in [1.807, 2.05) is 67.6 Å². The smallest absolute Gasteiger partial charge is 0.251 e. The predicted molar refractivity (Wildman–Crippen MR) is 137 cm³/mol. The van der Waals surface area contributed by atoms with Gasteiger partial charge in [0.1, 0.15) is 11.6 Å². The molecule has 0 aliphatic heterocycles. The van der Waals surface area contributed by atoms with Gasteiger partial charge >= 0.3 is 0 Å². The van der Waals surface area contributed by atoms with Crippen molar-refractivity contribution in [3.63, 3.8) is 0 Å². The van der Waals surface area contributed by atoms with E-state index in [0.717, 1.165) is 66.9 Å². The number of hydrogen-bond acceptors (Lipinski definition) is 3. The first-order chi connectivity index (χ1) is 16.7. The first-order valence-electron chi connectivity index (χ1n) is 12.2. The zero-order chi connectivity index (χ0) is 23.6. The van der Waals surface area contributed by atoms with Gasteiger partial charge in [-0.15, -0.1) is 0 Å². The van der Waals surface area contributed by atoms with Crippen molar-refractivity contribution < 1.29 is 9.53 Å². The molecule has 0 unspecified atom stereocenters. The lowest BCUT2D eigenvalue weighted by atomic mass is 10.1. The van der Waals surface area contributed by atoms with Gasteiger partial charge in [0, 0.05) is 25.1 Å². The summed E-state index contributed by atoms with van der Waals surface area (Å²) < 4.78 is 8.21. The van der Waals surface area contributed by atoms with Crippen molar-refractivity contribution in [2.45, 2.75) is 45.6 Å². The molecule has 5 nitrogen and oxygen atoms in total. The van der Waals surface area contributed by atoms with Gasteiger partial charge in [0.2, 0.25) is 0 Å². The summed E-state index contributed by atoms with van der Waals surface area (Å²) in [5.41, 5.74) is 4.00. The monoisotopic (exact) mass is 455 g/mol. The highest BCUT2D eigenvalue weighted by atomic mass is 16.5. The normalized spacial score (nSPS) is 11.0. The molecule has 4 aromatic rings. The number of hydrogen-bond donors (Lipinski definition) is 1. The van der Waals surface area contributed by atoms with E-state index in [4.69, 9.17) is 9.72 Å². The van der Waals surface area contributed by atoms with Crippen LogP contribution < -0.4 is 10.1 Å². The first kappa shape index (κ1) is 23.6. The van der Waals surface area contributed by atoms with Crippen molar-refractivity contribution in [1.29, 1.82) is 0 Å². The van der Waals surface area contributed by atoms with Crippen molar-refractivity contribution in [2.24, 2.45) is 0 Å². The molecular weight excluding hydrogens is 422 g/mol. The maximum absolute atomic E-state index is 12.3. The number of para-hydroxylation sites is 3. The maximum Gasteiger partial charge on any atom is 0.251 e. The molecule has 0 aliphatic carbocycles. The van der Waals surface area contributed by atoms with E-state index in [-0.39, 0.29) is 5.91 Å². The molecule has 0 saturated carbocycles. The van der Waals surface area contributed by atoms with Crippen molar-refractivity contribution >= 4 is 16.9 Å². The number of unbranched alkanes of at least 4 members (excludes halogenated alkanes) is 2. The fourth-order valence-electron chi connectivity index (χ4n) is 4.20. The third-order valence-corrected chi connectivity index (χ3v) is 6.02. The Labute approximate surface area is 201 Å². The number of fused-ring (bicyclic) bond motifs is 1. The van der Waals surface area contributed by atoms with Crippen molar-refractivity contribution in [2.75, 3.05) is 13.2 Å². The number of nitrogens with one attached hydrogen (secondary N) is 1. The molecule has 1 N–H and O–H groups in total. The topological polar surface area (TPSA) is 56.2 Å². The average Bonchev–Trinajstić information content (AvgIpc) is 3.22. The summed E-state index contributed by atoms with van der Waals surface area (Å²) in [5, 5.41) is 3.05. The largest absolute Gasteiger partial charge is 0.494 e. The minimum Gasteiger partial charge on any atom is -0.494 e. The second-order valence-corrected chi connectivity index (χ2v) is 8.56. The highest BCUT2D eigenvalue weighted by Gasteiger charge is 2.11. The van der Waals surface area contributed by atoms with Crippen molar-refractivity contribution in [3.8, 4) is 5.75 Å². The fourth-order valence-corrected chi connectivity index (χ4v) is 4.20. The summed E-state index contributed by atoms with van der Waals surface area (Å²) in [4.78, 5) is 17.2. The van der Waals surface area contributed by atoms with E-state index in [1.54, 1.807) is 0 Å². The predicted octanol–water partition coefficient (Wildman–Crippen LogP) is 5.96. The van der Waals surface area contributed by atoms with Crippen LogP contribution in [0.4, 0.5) is 0 Å². The molecule has 1 aromatic heterocycles. The number of nitrogens with zero attached hydrogens (tertiary/aromatic N) is 2. The van der Waals surface area contributed by atoms with Crippen LogP contribution in [0.3, 0.4) is 0 Å². The standard InChI is InChI=1S/C29H33N3O2/c1-23-13-7-8-16-25(23)29(33)30-20-11-3-6-19-28-31-26-17-9-10-18-27(26)32(28)21-12-22-34-24-14-4-2-5-15-24/h2,4-5,7-10,13-18H,3,6,11-12,19-22H2,1H3,(H,30,33). The summed E-state index contributed by atoms with van der Waals surface area (Å²) in [6.07, 6.45) is 4.91. The number of carbonyl (C=O) groups excluding carboxylic acids is 1. The van der Waals surface area contributed by atoms with Crippen molar-refractivity contribution in [1.82, 2.24) is 14.9 Å². The number of amides is 1. The summed E-state index contributed by atoms with van der Waals surface area (Å²) in [6, 6.07) is 26.0. The third kappa shape index (κ3) is 6.25. The molecule has 0 spiro atoms. The Morgan fingerprint density at radius 2 is 1.65 bits per heavy atom. The Hall–Kier alpha value is -3.60. The molecule has 0 saturated heterocycles. The molecule has 34 heavy (non-hydrogen) atoms. The summed E-state index contributed by atoms with van der Waals surface area (Å²) >= 11 is 0. The molecule has 0 fully saturated rings. The fraction of sp³-hybridized carbons (Fsp3) is 0.310. The lowest BCUT2D eigenvalue weighted by Gasteiger charge is -2.11. The molecule has 176 valence electrons. The summed E-state index contributed by atoms with van der Waals surface area (Å²) in [7, 11) is 0. The Balaban J connectivity index is 1.24. The molecular formula is C29H33N3O2. The van der Waals surface area contributed by atoms with E-state index >= 15 is 0 Å². The van der Waals surface area contributed by atoms with Gasteiger partial charge in [0.05, 0.1) is 17.6 Å². The molecule has 5 heteroatoms. The minimum absolute atomic E-state index is 0.0117. The Morgan fingerprint density at radius 1 is 0.882 bits per heavy atom. The van der Waals surface area contributed by atoms with Crippen LogP contribution in [0.15, 0.2) is 78.9 Å². The average molecular weight is 456 g/mol. The van der Waals surface area contributed by atoms with Crippen LogP contribution in [-0.4, -0.2) is 28.6 Å². The maximum atomic E-state index is 12.3.